The first kappa shape index (κ1) is 13.8. The average molecular weight is 272 g/mol. The maximum atomic E-state index is 11.8. The minimum absolute atomic E-state index is 0.159. The SMILES string of the molecule is Nc1[nH]ncc1S(=O)(=O)NCCCC(F)(F)F. The lowest BCUT2D eigenvalue weighted by Crippen LogP contribution is -2.26. The van der Waals surface area contributed by atoms with Crippen molar-refractivity contribution in [2.75, 3.05) is 12.3 Å². The summed E-state index contributed by atoms with van der Waals surface area (Å²) < 4.78 is 60.4. The molecule has 0 radical (unpaired) electrons. The van der Waals surface area contributed by atoms with E-state index in [4.69, 9.17) is 5.73 Å². The molecule has 0 amide bonds. The van der Waals surface area contributed by atoms with Gasteiger partial charge < -0.3 is 5.73 Å². The predicted octanol–water partition coefficient (Wildman–Crippen LogP) is 0.613. The first-order valence-corrected chi connectivity index (χ1v) is 6.06. The molecule has 0 aliphatic rings. The number of sulfonamides is 1. The van der Waals surface area contributed by atoms with Crippen molar-refractivity contribution in [2.24, 2.45) is 0 Å². The molecule has 0 aliphatic heterocycles. The van der Waals surface area contributed by atoms with Gasteiger partial charge in [-0.05, 0) is 6.42 Å². The molecule has 0 fully saturated rings. The van der Waals surface area contributed by atoms with E-state index in [9.17, 15) is 21.6 Å². The van der Waals surface area contributed by atoms with Gasteiger partial charge >= 0.3 is 6.18 Å². The number of nitrogens with one attached hydrogen (secondary N) is 2. The number of hydrogen-bond acceptors (Lipinski definition) is 4. The number of aromatic amines is 1. The standard InChI is InChI=1S/C7H11F3N4O2S/c8-7(9,10)2-1-3-13-17(15,16)5-4-12-14-6(5)11/h4,13H,1-3H2,(H3,11,12,14). The molecule has 4 N–H and O–H groups in total. The molecule has 0 bridgehead atoms. The van der Waals surface area contributed by atoms with Crippen molar-refractivity contribution in [2.45, 2.75) is 23.9 Å². The fraction of sp³-hybridized carbons (Fsp3) is 0.571. The molecule has 0 aromatic carbocycles. The highest BCUT2D eigenvalue weighted by atomic mass is 32.2. The van der Waals surface area contributed by atoms with Gasteiger partial charge in [0, 0.05) is 13.0 Å². The zero-order valence-corrected chi connectivity index (χ0v) is 9.40. The zero-order chi connectivity index (χ0) is 13.1. The van der Waals surface area contributed by atoms with Gasteiger partial charge in [-0.15, -0.1) is 0 Å². The topological polar surface area (TPSA) is 101 Å². The molecule has 0 spiro atoms. The largest absolute Gasteiger partial charge is 0.389 e. The van der Waals surface area contributed by atoms with Crippen LogP contribution in [-0.4, -0.2) is 31.3 Å². The zero-order valence-electron chi connectivity index (χ0n) is 8.58. The summed E-state index contributed by atoms with van der Waals surface area (Å²) >= 11 is 0. The van der Waals surface area contributed by atoms with Crippen LogP contribution in [0, 0.1) is 0 Å². The number of aromatic nitrogens is 2. The van der Waals surface area contributed by atoms with Gasteiger partial charge in [0.15, 0.2) is 0 Å². The first-order valence-electron chi connectivity index (χ1n) is 4.57. The van der Waals surface area contributed by atoms with Crippen LogP contribution in [0.4, 0.5) is 19.0 Å². The van der Waals surface area contributed by atoms with E-state index in [-0.39, 0.29) is 23.7 Å². The summed E-state index contributed by atoms with van der Waals surface area (Å²) in [5, 5.41) is 5.62. The van der Waals surface area contributed by atoms with Gasteiger partial charge in [-0.2, -0.15) is 18.3 Å². The summed E-state index contributed by atoms with van der Waals surface area (Å²) in [5.74, 6) is -0.159. The van der Waals surface area contributed by atoms with Crippen molar-refractivity contribution in [1.82, 2.24) is 14.9 Å². The lowest BCUT2D eigenvalue weighted by Gasteiger charge is -2.07. The Hall–Kier alpha value is -1.29. The van der Waals surface area contributed by atoms with E-state index in [1.807, 2.05) is 4.72 Å². The minimum atomic E-state index is -4.29. The van der Waals surface area contributed by atoms with Crippen LogP contribution in [-0.2, 0) is 10.0 Å². The smallest absolute Gasteiger partial charge is 0.383 e. The molecule has 0 saturated carbocycles. The van der Waals surface area contributed by atoms with Crippen LogP contribution >= 0.6 is 0 Å². The Morgan fingerprint density at radius 1 is 1.47 bits per heavy atom. The Kier molecular flexibility index (Phi) is 3.98. The molecule has 1 aromatic rings. The number of nitrogen functional groups attached to an aromatic ring is 1. The second-order valence-electron chi connectivity index (χ2n) is 3.26. The number of halogens is 3. The highest BCUT2D eigenvalue weighted by Gasteiger charge is 2.26. The van der Waals surface area contributed by atoms with E-state index in [0.29, 0.717) is 0 Å². The van der Waals surface area contributed by atoms with Gasteiger partial charge in [0.25, 0.3) is 0 Å². The Bertz CT molecular complexity index is 468. The predicted molar refractivity (Wildman–Crippen MR) is 53.5 cm³/mol. The Balaban J connectivity index is 2.50. The maximum Gasteiger partial charge on any atom is 0.389 e. The van der Waals surface area contributed by atoms with Crippen LogP contribution in [0.15, 0.2) is 11.1 Å². The van der Waals surface area contributed by atoms with Gasteiger partial charge in [0.05, 0.1) is 6.20 Å². The summed E-state index contributed by atoms with van der Waals surface area (Å²) in [6, 6.07) is 0. The summed E-state index contributed by atoms with van der Waals surface area (Å²) in [6.45, 7) is -0.313. The quantitative estimate of drug-likeness (QED) is 0.684. The Labute approximate surface area is 95.4 Å². The lowest BCUT2D eigenvalue weighted by molar-refractivity contribution is -0.135. The number of anilines is 1. The highest BCUT2D eigenvalue weighted by Crippen LogP contribution is 2.21. The lowest BCUT2D eigenvalue weighted by atomic mass is 10.3. The van der Waals surface area contributed by atoms with E-state index in [2.05, 4.69) is 10.2 Å². The van der Waals surface area contributed by atoms with Crippen molar-refractivity contribution in [3.05, 3.63) is 6.20 Å². The number of alkyl halides is 3. The van der Waals surface area contributed by atoms with Crippen molar-refractivity contribution in [1.29, 1.82) is 0 Å². The molecule has 0 unspecified atom stereocenters. The molecule has 1 heterocycles. The first-order chi connectivity index (χ1) is 7.72. The molecule has 1 rings (SSSR count). The van der Waals surface area contributed by atoms with Gasteiger partial charge in [0.2, 0.25) is 10.0 Å². The van der Waals surface area contributed by atoms with Crippen LogP contribution in [0.25, 0.3) is 0 Å². The van der Waals surface area contributed by atoms with Crippen LogP contribution in [0.1, 0.15) is 12.8 Å². The monoisotopic (exact) mass is 272 g/mol. The second-order valence-corrected chi connectivity index (χ2v) is 5.00. The van der Waals surface area contributed by atoms with Crippen LogP contribution < -0.4 is 10.5 Å². The Morgan fingerprint density at radius 2 is 2.12 bits per heavy atom. The number of H-pyrrole nitrogens is 1. The van der Waals surface area contributed by atoms with E-state index >= 15 is 0 Å². The van der Waals surface area contributed by atoms with Gasteiger partial charge in [0.1, 0.15) is 10.7 Å². The average Bonchev–Trinajstić information content (AvgIpc) is 2.58. The van der Waals surface area contributed by atoms with E-state index in [0.717, 1.165) is 6.20 Å². The highest BCUT2D eigenvalue weighted by molar-refractivity contribution is 7.89. The summed E-state index contributed by atoms with van der Waals surface area (Å²) in [4.78, 5) is -0.274. The second kappa shape index (κ2) is 4.92. The fourth-order valence-corrected chi connectivity index (χ4v) is 2.17. The number of nitrogens with zero attached hydrogens (tertiary/aromatic N) is 1. The molecular formula is C7H11F3N4O2S. The molecule has 98 valence electrons. The third kappa shape index (κ3) is 4.23. The number of nitrogens with two attached hydrogens (primary N) is 1. The molecule has 1 aromatic heterocycles. The fourth-order valence-electron chi connectivity index (χ4n) is 1.07. The van der Waals surface area contributed by atoms with Crippen molar-refractivity contribution >= 4 is 15.8 Å². The molecule has 0 aliphatic carbocycles. The molecular weight excluding hydrogens is 261 g/mol. The van der Waals surface area contributed by atoms with Crippen LogP contribution in [0.2, 0.25) is 0 Å². The molecule has 6 nitrogen and oxygen atoms in total. The van der Waals surface area contributed by atoms with Crippen LogP contribution in [0.3, 0.4) is 0 Å². The molecule has 0 saturated heterocycles. The maximum absolute atomic E-state index is 11.8. The number of hydrogen-bond donors (Lipinski definition) is 3. The molecule has 10 heteroatoms. The van der Waals surface area contributed by atoms with Crippen molar-refractivity contribution in [3.63, 3.8) is 0 Å². The van der Waals surface area contributed by atoms with Gasteiger partial charge in [-0.1, -0.05) is 0 Å². The van der Waals surface area contributed by atoms with Crippen LogP contribution in [0.5, 0.6) is 0 Å². The molecule has 0 atom stereocenters. The van der Waals surface area contributed by atoms with Crippen molar-refractivity contribution < 1.29 is 21.6 Å². The van der Waals surface area contributed by atoms with E-state index < -0.39 is 22.6 Å². The van der Waals surface area contributed by atoms with E-state index in [1.165, 1.54) is 0 Å². The molecule has 17 heavy (non-hydrogen) atoms. The third-order valence-electron chi connectivity index (χ3n) is 1.85. The third-order valence-corrected chi connectivity index (χ3v) is 3.34. The summed E-state index contributed by atoms with van der Waals surface area (Å²) in [6.07, 6.45) is -4.68. The van der Waals surface area contributed by atoms with Gasteiger partial charge in [-0.25, -0.2) is 13.1 Å². The summed E-state index contributed by atoms with van der Waals surface area (Å²) in [5.41, 5.74) is 5.28. The number of rotatable bonds is 5. The summed E-state index contributed by atoms with van der Waals surface area (Å²) in [7, 11) is -3.90. The normalized spacial score (nSPS) is 12.9. The van der Waals surface area contributed by atoms with E-state index in [1.54, 1.807) is 0 Å². The Morgan fingerprint density at radius 3 is 2.59 bits per heavy atom. The van der Waals surface area contributed by atoms with Gasteiger partial charge in [-0.3, -0.25) is 5.10 Å². The minimum Gasteiger partial charge on any atom is -0.383 e. The van der Waals surface area contributed by atoms with Crippen molar-refractivity contribution in [3.8, 4) is 0 Å².